The molecule has 0 N–H and O–H groups in total. The number of pyridine rings is 2. The highest BCUT2D eigenvalue weighted by molar-refractivity contribution is 5.92. The Hall–Kier alpha value is -14.7. The van der Waals surface area contributed by atoms with Gasteiger partial charge < -0.3 is 95.4 Å². The maximum absolute atomic E-state index is 15.1. The second-order valence-corrected chi connectivity index (χ2v) is 40.0. The number of hydrogen-bond donors (Lipinski definition) is 0. The lowest BCUT2D eigenvalue weighted by atomic mass is 9.78. The van der Waals surface area contributed by atoms with Crippen LogP contribution in [-0.2, 0) is 63.8 Å². The highest BCUT2D eigenvalue weighted by atomic mass is 19.1. The first-order chi connectivity index (χ1) is 70.8. The van der Waals surface area contributed by atoms with Gasteiger partial charge in [0, 0.05) is 135 Å². The third kappa shape index (κ3) is 19.9. The number of benzene rings is 8. The molecule has 8 aromatic carbocycles. The van der Waals surface area contributed by atoms with E-state index in [1.54, 1.807) is 119 Å². The van der Waals surface area contributed by atoms with Gasteiger partial charge in [-0.25, -0.2) is 37.5 Å². The quantitative estimate of drug-likeness (QED) is 0.0298. The van der Waals surface area contributed by atoms with Gasteiger partial charge in [-0.1, -0.05) is 70.9 Å². The van der Waals surface area contributed by atoms with Crippen LogP contribution in [0.2, 0.25) is 0 Å². The fourth-order valence-electron chi connectivity index (χ4n) is 20.6. The van der Waals surface area contributed by atoms with Crippen molar-refractivity contribution in [3.63, 3.8) is 0 Å². The smallest absolute Gasteiger partial charge is 0.230 e. The largest absolute Gasteiger partial charge is 0.493 e. The van der Waals surface area contributed by atoms with Crippen LogP contribution in [0, 0.1) is 44.9 Å². The van der Waals surface area contributed by atoms with Crippen LogP contribution in [0.5, 0.6) is 92.3 Å². The number of likely N-dealkylation sites (tertiary alicyclic amines) is 4. The summed E-state index contributed by atoms with van der Waals surface area (Å²) in [6.45, 7) is 21.4. The molecular weight excluding hydrogens is 1880 g/mol. The molecule has 30 nitrogen and oxygen atoms in total. The molecule has 12 heterocycles. The first-order valence-electron chi connectivity index (χ1n) is 49.0. The number of halogens is 4. The van der Waals surface area contributed by atoms with E-state index >= 15 is 17.6 Å². The molecule has 0 radical (unpaired) electrons. The molecule has 34 heteroatoms. The van der Waals surface area contributed by atoms with Crippen LogP contribution in [0.1, 0.15) is 111 Å². The molecular formula is C112H110F4N10O20. The molecule has 0 bridgehead atoms. The van der Waals surface area contributed by atoms with Crippen molar-refractivity contribution < 1.29 is 113 Å². The summed E-state index contributed by atoms with van der Waals surface area (Å²) in [5.41, 5.74) is 13.8. The normalized spacial score (nSPS) is 17.2. The molecule has 146 heavy (non-hydrogen) atoms. The number of allylic oxidation sites excluding steroid dienone is 4. The summed E-state index contributed by atoms with van der Waals surface area (Å²) in [6.07, 6.45) is 19.0. The summed E-state index contributed by atoms with van der Waals surface area (Å²) >= 11 is 0. The molecule has 0 unspecified atom stereocenters. The molecule has 0 atom stereocenters. The van der Waals surface area contributed by atoms with Crippen LogP contribution in [0.25, 0.3) is 67.9 Å². The molecule has 4 aliphatic carbocycles. The Morgan fingerprint density at radius 2 is 0.568 bits per heavy atom. The van der Waals surface area contributed by atoms with Gasteiger partial charge in [0.05, 0.1) is 175 Å². The maximum Gasteiger partial charge on any atom is 0.230 e. The number of aromatic nitrogens is 6. The molecule has 8 fully saturated rings. The summed E-state index contributed by atoms with van der Waals surface area (Å²) in [5.74, 6) is 4.66. The third-order valence-electron chi connectivity index (χ3n) is 28.6. The van der Waals surface area contributed by atoms with Gasteiger partial charge in [0.25, 0.3) is 0 Å². The van der Waals surface area contributed by atoms with E-state index in [9.17, 15) is 19.2 Å². The highest BCUT2D eigenvalue weighted by Crippen LogP contribution is 2.49. The molecule has 12 aromatic rings. The van der Waals surface area contributed by atoms with Gasteiger partial charge in [-0.15, -0.1) is 0 Å². The molecule has 8 saturated heterocycles. The topological polar surface area (TPSA) is 306 Å². The summed E-state index contributed by atoms with van der Waals surface area (Å²) in [6, 6.07) is 31.5. The van der Waals surface area contributed by atoms with Crippen molar-refractivity contribution in [2.24, 2.45) is 21.7 Å². The van der Waals surface area contributed by atoms with Gasteiger partial charge in [0.2, 0.25) is 35.4 Å². The Labute approximate surface area is 839 Å². The van der Waals surface area contributed by atoms with E-state index in [2.05, 4.69) is 29.9 Å². The molecule has 4 amide bonds. The van der Waals surface area contributed by atoms with Crippen LogP contribution in [-0.4, -0.2) is 233 Å². The van der Waals surface area contributed by atoms with Crippen molar-refractivity contribution in [2.75, 3.05) is 160 Å². The minimum absolute atomic E-state index is 0.0618. The van der Waals surface area contributed by atoms with Crippen molar-refractivity contribution in [1.29, 1.82) is 0 Å². The minimum atomic E-state index is -0.411. The van der Waals surface area contributed by atoms with Crippen molar-refractivity contribution in [3.05, 3.63) is 224 Å². The Kier molecular flexibility index (Phi) is 27.1. The second-order valence-electron chi connectivity index (χ2n) is 40.0. The van der Waals surface area contributed by atoms with Crippen molar-refractivity contribution in [1.82, 2.24) is 49.5 Å². The van der Waals surface area contributed by atoms with Crippen LogP contribution in [0.4, 0.5) is 17.6 Å². The van der Waals surface area contributed by atoms with Crippen LogP contribution in [0.15, 0.2) is 157 Å². The zero-order valence-corrected chi connectivity index (χ0v) is 82.4. The number of amides is 4. The van der Waals surface area contributed by atoms with Crippen molar-refractivity contribution in [3.8, 4) is 92.3 Å². The monoisotopic (exact) mass is 1990 g/mol. The summed E-state index contributed by atoms with van der Waals surface area (Å²) in [7, 11) is 6.18. The SMILES string of the molecule is COc1cc2c(Oc3ccc4c(c3F)C=C(C)C4)ccnc2cc1OCCC(=O)N1CC2(COC2)C1.COc1cc2c(Oc3ccc4c(c3F)C=C(C)C4)ccnc2cc1OCCCC(=O)N1CC2(COC2)C1.COc1cc2c(Oc3ccc4c(c3F)C=C(C)C4)ncnc2cc1OCCC(=O)N1CC2(COC2)C1.COc1cc2c(Oc3ccc4c(c3F)C=C(C)C4)ncnc2cc1OCCCC(=O)N1CC2(COC2)C1. The van der Waals surface area contributed by atoms with E-state index in [0.29, 0.717) is 162 Å². The average molecular weight is 1990 g/mol. The number of ether oxygens (including phenoxy) is 16. The number of carbonyl (C=O) groups excluding carboxylic acids is 4. The van der Waals surface area contributed by atoms with E-state index in [1.807, 2.05) is 95.9 Å². The molecule has 12 aliphatic rings. The number of methoxy groups -OCH3 is 4. The standard InChI is InChI=1S/C29H29FN2O5.C28H28FN3O5.C28H27FN2O5.C27H26FN3O5/c1-18-10-19-5-6-24(28(30)20(19)11-18)37-23-7-8-31-22-13-26(25(34-2)12-21(22)23)36-9-3-4-27(33)32-14-29(15-32)16-35-17-29;1-17-8-18-5-6-22(26(29)19(18)9-17)37-27-20-10-23(34-2)24(11-21(20)30-16-31-27)36-7-3-4-25(33)32-12-28(13-32)14-35-15-28;1-17-9-18-3-4-23(27(29)19(18)10-17)36-22-5-7-30-21-12-25(24(33-2)11-20(21)22)35-8-6-26(32)31-13-28(14-31)15-34-16-28;1-16-7-17-3-4-21(25(28)18(17)8-16)36-26-19-9-22(33-2)23(10-20(19)29-15-30-26)35-6-5-24(32)31-11-27(12-31)13-34-14-27/h5-8,11-13H,3-4,9-10,14-17H2,1-2H3;5-6,9-11,16H,3-4,7-8,12-15H2,1-2H3;3-5,7,10-12H,6,8-9,13-16H2,1-2H3;3-4,8-10,15H,5-7,11-14H2,1-2H3. The molecule has 756 valence electrons. The van der Waals surface area contributed by atoms with Gasteiger partial charge in [-0.2, -0.15) is 0 Å². The zero-order valence-electron chi connectivity index (χ0n) is 82.4. The fraction of sp³-hybridized carbons (Fsp3) is 0.375. The predicted octanol–water partition coefficient (Wildman–Crippen LogP) is 18.6. The summed E-state index contributed by atoms with van der Waals surface area (Å²) < 4.78 is 151. The second kappa shape index (κ2) is 40.7. The van der Waals surface area contributed by atoms with Gasteiger partial charge in [-0.3, -0.25) is 29.1 Å². The lowest BCUT2D eigenvalue weighted by Gasteiger charge is -2.55. The summed E-state index contributed by atoms with van der Waals surface area (Å²) in [4.78, 5) is 83.2. The fourth-order valence-corrected chi connectivity index (χ4v) is 20.6. The number of nitrogens with zero attached hydrogens (tertiary/aromatic N) is 10. The average Bonchev–Trinajstić information content (AvgIpc) is 1.36. The lowest BCUT2D eigenvalue weighted by molar-refractivity contribution is -0.195. The maximum atomic E-state index is 15.1. The van der Waals surface area contributed by atoms with Crippen molar-refractivity contribution in [2.45, 2.75) is 91.9 Å². The van der Waals surface area contributed by atoms with Gasteiger partial charge >= 0.3 is 0 Å². The minimum Gasteiger partial charge on any atom is -0.493 e. The number of rotatable bonds is 30. The number of hydrogen-bond acceptors (Lipinski definition) is 26. The van der Waals surface area contributed by atoms with Crippen LogP contribution < -0.4 is 56.8 Å². The number of carbonyl (C=O) groups is 4. The number of fused-ring (bicyclic) bond motifs is 8. The van der Waals surface area contributed by atoms with Gasteiger partial charge in [0.1, 0.15) is 24.2 Å². The van der Waals surface area contributed by atoms with E-state index in [4.69, 9.17) is 75.8 Å². The van der Waals surface area contributed by atoms with Gasteiger partial charge in [0.15, 0.2) is 92.3 Å². The first kappa shape index (κ1) is 97.3. The Bertz CT molecular complexity index is 6890. The molecule has 4 aromatic heterocycles. The van der Waals surface area contributed by atoms with Gasteiger partial charge in [-0.05, 0) is 149 Å². The van der Waals surface area contributed by atoms with E-state index in [1.165, 1.54) is 19.8 Å². The van der Waals surface area contributed by atoms with Crippen LogP contribution in [0.3, 0.4) is 0 Å². The third-order valence-corrected chi connectivity index (χ3v) is 28.6. The van der Waals surface area contributed by atoms with E-state index in [-0.39, 0.29) is 118 Å². The molecule has 8 aliphatic heterocycles. The Morgan fingerprint density at radius 1 is 0.301 bits per heavy atom. The predicted molar refractivity (Wildman–Crippen MR) is 533 cm³/mol. The zero-order chi connectivity index (χ0) is 101. The summed E-state index contributed by atoms with van der Waals surface area (Å²) in [5, 5.41) is 2.47. The van der Waals surface area contributed by atoms with E-state index < -0.39 is 11.6 Å². The molecule has 24 rings (SSSR count). The highest BCUT2D eigenvalue weighted by Gasteiger charge is 2.54. The Balaban J connectivity index is 0.000000114. The van der Waals surface area contributed by atoms with Crippen LogP contribution >= 0.6 is 0 Å². The first-order valence-corrected chi connectivity index (χ1v) is 49.0. The Morgan fingerprint density at radius 3 is 0.849 bits per heavy atom. The lowest BCUT2D eigenvalue weighted by Crippen LogP contribution is -2.67. The molecule has 0 saturated carbocycles. The molecule has 4 spiro atoms. The van der Waals surface area contributed by atoms with Crippen molar-refractivity contribution >= 4 is 91.5 Å². The van der Waals surface area contributed by atoms with E-state index in [0.717, 1.165) is 175 Å².